The van der Waals surface area contributed by atoms with Gasteiger partial charge in [-0.2, -0.15) is 0 Å². The van der Waals surface area contributed by atoms with Crippen LogP contribution in [0, 0.1) is 0 Å². The maximum Gasteiger partial charge on any atom is 0.407 e. The van der Waals surface area contributed by atoms with Gasteiger partial charge < -0.3 is 14.8 Å². The van der Waals surface area contributed by atoms with Crippen LogP contribution in [-0.2, 0) is 20.7 Å². The van der Waals surface area contributed by atoms with Gasteiger partial charge in [-0.3, -0.25) is 14.2 Å². The fraction of sp³-hybridized carbons (Fsp3) is 0.333. The number of nitrogens with zero attached hydrogens (tertiary/aromatic N) is 1. The smallest absolute Gasteiger partial charge is 0.407 e. The van der Waals surface area contributed by atoms with E-state index >= 15 is 0 Å². The lowest BCUT2D eigenvalue weighted by molar-refractivity contribution is -0.142. The average Bonchev–Trinajstić information content (AvgIpc) is 3.03. The number of fused-ring (bicyclic) bond motifs is 1. The first-order valence-corrected chi connectivity index (χ1v) is 8.52. The molecule has 1 N–H and O–H groups in total. The molecule has 1 amide bonds. The van der Waals surface area contributed by atoms with Crippen molar-refractivity contribution < 1.29 is 28.7 Å². The summed E-state index contributed by atoms with van der Waals surface area (Å²) >= 11 is 5.60. The highest BCUT2D eigenvalue weighted by atomic mass is 35.5. The Bertz CT molecular complexity index is 905. The Hall–Kier alpha value is -2.87. The van der Waals surface area contributed by atoms with Crippen molar-refractivity contribution in [1.29, 1.82) is 0 Å². The summed E-state index contributed by atoms with van der Waals surface area (Å²) in [4.78, 5) is 47.4. The summed E-state index contributed by atoms with van der Waals surface area (Å²) in [5.41, 5.74) is 1.51. The largest absolute Gasteiger partial charge is 0.467 e. The van der Waals surface area contributed by atoms with Crippen molar-refractivity contribution >= 4 is 46.3 Å². The summed E-state index contributed by atoms with van der Waals surface area (Å²) in [5, 5.41) is 3.07. The first-order valence-electron chi connectivity index (χ1n) is 7.98. The monoisotopic (exact) mass is 394 g/mol. The van der Waals surface area contributed by atoms with E-state index < -0.39 is 18.1 Å². The number of aromatic nitrogens is 1. The number of rotatable bonds is 6. The molecule has 0 aliphatic rings. The highest BCUT2D eigenvalue weighted by Crippen LogP contribution is 2.25. The number of Topliss-reactive ketones (excluding diaryl/α,β-unsaturated/α-hetero) is 1. The zero-order valence-corrected chi connectivity index (χ0v) is 15.8. The predicted molar refractivity (Wildman–Crippen MR) is 98.3 cm³/mol. The maximum atomic E-state index is 12.0. The summed E-state index contributed by atoms with van der Waals surface area (Å²) in [6.07, 6.45) is 0.855. The van der Waals surface area contributed by atoms with Crippen LogP contribution in [0.1, 0.15) is 27.6 Å². The van der Waals surface area contributed by atoms with Crippen LogP contribution < -0.4 is 5.32 Å². The number of carbonyl (C=O) groups is 4. The summed E-state index contributed by atoms with van der Waals surface area (Å²) in [6, 6.07) is 3.85. The third-order valence-electron chi connectivity index (χ3n) is 4.06. The summed E-state index contributed by atoms with van der Waals surface area (Å²) < 4.78 is 10.6. The molecule has 0 aliphatic heterocycles. The molecular formula is C18H19ClN2O6. The third-order valence-corrected chi connectivity index (χ3v) is 4.30. The number of alkyl halides is 1. The SMILES string of the molecule is COC(=O)N[C@@H](Cc1cn(C(C)=O)c2cc(C(=O)CCl)ccc12)C(=O)OC. The van der Waals surface area contributed by atoms with Crippen LogP contribution in [0.4, 0.5) is 4.79 Å². The summed E-state index contributed by atoms with van der Waals surface area (Å²) in [7, 11) is 2.39. The van der Waals surface area contributed by atoms with Gasteiger partial charge in [-0.1, -0.05) is 12.1 Å². The average molecular weight is 395 g/mol. The lowest BCUT2D eigenvalue weighted by Gasteiger charge is -2.15. The zero-order valence-electron chi connectivity index (χ0n) is 15.1. The minimum absolute atomic E-state index is 0.0708. The van der Waals surface area contributed by atoms with E-state index in [2.05, 4.69) is 10.1 Å². The number of methoxy groups -OCH3 is 2. The van der Waals surface area contributed by atoms with Crippen LogP contribution in [0.2, 0.25) is 0 Å². The molecule has 8 nitrogen and oxygen atoms in total. The van der Waals surface area contributed by atoms with Crippen molar-refractivity contribution in [2.24, 2.45) is 0 Å². The second-order valence-electron chi connectivity index (χ2n) is 5.75. The lowest BCUT2D eigenvalue weighted by atomic mass is 10.0. The highest BCUT2D eigenvalue weighted by molar-refractivity contribution is 6.30. The van der Waals surface area contributed by atoms with Gasteiger partial charge in [0.2, 0.25) is 5.91 Å². The molecular weight excluding hydrogens is 376 g/mol. The van der Waals surface area contributed by atoms with Crippen LogP contribution in [-0.4, -0.2) is 54.5 Å². The third kappa shape index (κ3) is 4.46. The Balaban J connectivity index is 2.50. The molecule has 27 heavy (non-hydrogen) atoms. The van der Waals surface area contributed by atoms with Crippen LogP contribution in [0.15, 0.2) is 24.4 Å². The number of carbonyl (C=O) groups excluding carboxylic acids is 4. The second-order valence-corrected chi connectivity index (χ2v) is 6.02. The molecule has 0 bridgehead atoms. The predicted octanol–water partition coefficient (Wildman–Crippen LogP) is 2.16. The molecule has 144 valence electrons. The van der Waals surface area contributed by atoms with Gasteiger partial charge in [0, 0.05) is 30.5 Å². The van der Waals surface area contributed by atoms with E-state index in [0.717, 1.165) is 0 Å². The maximum absolute atomic E-state index is 12.0. The van der Waals surface area contributed by atoms with Gasteiger partial charge in [0.25, 0.3) is 0 Å². The van der Waals surface area contributed by atoms with Crippen LogP contribution in [0.25, 0.3) is 10.9 Å². The summed E-state index contributed by atoms with van der Waals surface area (Å²) in [6.45, 7) is 1.38. The van der Waals surface area contributed by atoms with Crippen LogP contribution in [0.3, 0.4) is 0 Å². The minimum Gasteiger partial charge on any atom is -0.467 e. The van der Waals surface area contributed by atoms with E-state index in [9.17, 15) is 19.2 Å². The first-order chi connectivity index (χ1) is 12.8. The molecule has 0 saturated carbocycles. The fourth-order valence-corrected chi connectivity index (χ4v) is 2.88. The van der Waals surface area contributed by atoms with Gasteiger partial charge in [0.15, 0.2) is 5.78 Å². The molecule has 0 saturated heterocycles. The molecule has 0 unspecified atom stereocenters. The van der Waals surface area contributed by atoms with Gasteiger partial charge in [0.1, 0.15) is 6.04 Å². The van der Waals surface area contributed by atoms with Crippen molar-refractivity contribution in [1.82, 2.24) is 9.88 Å². The van der Waals surface area contributed by atoms with Gasteiger partial charge >= 0.3 is 12.1 Å². The molecule has 1 aromatic carbocycles. The first kappa shape index (κ1) is 20.4. The lowest BCUT2D eigenvalue weighted by Crippen LogP contribution is -2.42. The molecule has 1 atom stereocenters. The van der Waals surface area contributed by atoms with Crippen molar-refractivity contribution in [2.75, 3.05) is 20.1 Å². The van der Waals surface area contributed by atoms with Gasteiger partial charge in [-0.05, 0) is 11.6 Å². The van der Waals surface area contributed by atoms with Crippen LogP contribution in [0.5, 0.6) is 0 Å². The molecule has 9 heteroatoms. The Morgan fingerprint density at radius 2 is 1.89 bits per heavy atom. The normalized spacial score (nSPS) is 11.7. The van der Waals surface area contributed by atoms with E-state index in [4.69, 9.17) is 16.3 Å². The number of halogens is 1. The fourth-order valence-electron chi connectivity index (χ4n) is 2.73. The zero-order chi connectivity index (χ0) is 20.1. The molecule has 0 spiro atoms. The van der Waals surface area contributed by atoms with E-state index in [1.807, 2.05) is 0 Å². The molecule has 1 heterocycles. The number of alkyl carbamates (subject to hydrolysis) is 1. The number of esters is 1. The number of ketones is 1. The van der Waals surface area contributed by atoms with Crippen molar-refractivity contribution in [3.8, 4) is 0 Å². The standard InChI is InChI=1S/C18H19ClN2O6/c1-10(22)21-9-12(6-14(17(24)26-2)20-18(25)27-3)13-5-4-11(7-15(13)21)16(23)8-19/h4-5,7,9,14H,6,8H2,1-3H3,(H,20,25)/t14-/m0/s1. The molecule has 2 rings (SSSR count). The number of hydrogen-bond donors (Lipinski definition) is 1. The number of nitrogens with one attached hydrogen (secondary N) is 1. The van der Waals surface area contributed by atoms with Crippen molar-refractivity contribution in [3.63, 3.8) is 0 Å². The van der Waals surface area contributed by atoms with Gasteiger partial charge in [0.05, 0.1) is 25.6 Å². The Kier molecular flexibility index (Phi) is 6.57. The minimum atomic E-state index is -1.00. The van der Waals surface area contributed by atoms with E-state index in [0.29, 0.717) is 22.0 Å². The van der Waals surface area contributed by atoms with E-state index in [1.54, 1.807) is 24.4 Å². The molecule has 1 aromatic heterocycles. The number of amides is 1. The van der Waals surface area contributed by atoms with Gasteiger partial charge in [-0.15, -0.1) is 11.6 Å². The highest BCUT2D eigenvalue weighted by Gasteiger charge is 2.25. The van der Waals surface area contributed by atoms with Crippen molar-refractivity contribution in [2.45, 2.75) is 19.4 Å². The summed E-state index contributed by atoms with van der Waals surface area (Å²) in [5.74, 6) is -1.36. The molecule has 2 aromatic rings. The molecule has 0 fully saturated rings. The number of benzene rings is 1. The quantitative estimate of drug-likeness (QED) is 0.457. The number of ether oxygens (including phenoxy) is 2. The molecule has 0 radical (unpaired) electrons. The van der Waals surface area contributed by atoms with Gasteiger partial charge in [-0.25, -0.2) is 9.59 Å². The van der Waals surface area contributed by atoms with E-state index in [-0.39, 0.29) is 24.0 Å². The topological polar surface area (TPSA) is 104 Å². The molecule has 0 aliphatic carbocycles. The Labute approximate surface area is 160 Å². The van der Waals surface area contributed by atoms with Crippen LogP contribution >= 0.6 is 11.6 Å². The van der Waals surface area contributed by atoms with E-state index in [1.165, 1.54) is 25.7 Å². The number of hydrogen-bond acceptors (Lipinski definition) is 6. The second kappa shape index (κ2) is 8.68. The Morgan fingerprint density at radius 1 is 1.19 bits per heavy atom. The van der Waals surface area contributed by atoms with Crippen molar-refractivity contribution in [3.05, 3.63) is 35.5 Å². The Morgan fingerprint density at radius 3 is 2.44 bits per heavy atom.